The monoisotopic (exact) mass is 408 g/mol. The number of hydrogen-bond acceptors (Lipinski definition) is 5. The summed E-state index contributed by atoms with van der Waals surface area (Å²) in [6, 6.07) is 16.6. The summed E-state index contributed by atoms with van der Waals surface area (Å²) in [6.45, 7) is 3.87. The van der Waals surface area contributed by atoms with Crippen LogP contribution >= 0.6 is 0 Å². The first kappa shape index (κ1) is 18.9. The molecule has 2 aromatic heterocycles. The number of anilines is 1. The average Bonchev–Trinajstić information content (AvgIpc) is 3.40. The first-order chi connectivity index (χ1) is 14.0. The molecule has 0 fully saturated rings. The number of hydrogen-bond donors (Lipinski definition) is 2. The zero-order valence-corrected chi connectivity index (χ0v) is 16.8. The molecule has 29 heavy (non-hydrogen) atoms. The fourth-order valence-electron chi connectivity index (χ4n) is 3.05. The lowest BCUT2D eigenvalue weighted by Crippen LogP contribution is -2.14. The lowest BCUT2D eigenvalue weighted by Gasteiger charge is -2.13. The minimum Gasteiger partial charge on any atom is -0.415 e. The number of aromatic amines is 1. The summed E-state index contributed by atoms with van der Waals surface area (Å²) in [7, 11) is -3.77. The number of aryl methyl sites for hydroxylation is 2. The molecule has 0 aliphatic rings. The van der Waals surface area contributed by atoms with E-state index in [1.165, 1.54) is 12.3 Å². The lowest BCUT2D eigenvalue weighted by molar-refractivity contribution is 0.582. The van der Waals surface area contributed by atoms with Crippen LogP contribution < -0.4 is 4.72 Å². The van der Waals surface area contributed by atoms with Crippen LogP contribution in [-0.4, -0.2) is 23.6 Å². The Hall–Kier alpha value is -3.39. The molecule has 2 aromatic carbocycles. The number of nitrogens with one attached hydrogen (secondary N) is 2. The fraction of sp³-hybridized carbons (Fsp3) is 0.143. The molecular formula is C21H20N4O3S. The third-order valence-corrected chi connectivity index (χ3v) is 5.95. The highest BCUT2D eigenvalue weighted by atomic mass is 32.2. The molecule has 0 aliphatic carbocycles. The van der Waals surface area contributed by atoms with Crippen LogP contribution in [0.4, 0.5) is 5.69 Å². The molecule has 7 nitrogen and oxygen atoms in total. The molecule has 0 saturated carbocycles. The highest BCUT2D eigenvalue weighted by Gasteiger charge is 2.21. The first-order valence-corrected chi connectivity index (χ1v) is 10.7. The third-order valence-electron chi connectivity index (χ3n) is 4.62. The van der Waals surface area contributed by atoms with Crippen molar-refractivity contribution in [2.24, 2.45) is 0 Å². The van der Waals surface area contributed by atoms with Crippen molar-refractivity contribution in [3.63, 3.8) is 0 Å². The van der Waals surface area contributed by atoms with Gasteiger partial charge in [0.05, 0.1) is 5.69 Å². The highest BCUT2D eigenvalue weighted by molar-refractivity contribution is 7.92. The van der Waals surface area contributed by atoms with Gasteiger partial charge in [-0.15, -0.1) is 10.2 Å². The van der Waals surface area contributed by atoms with Crippen LogP contribution in [0.2, 0.25) is 0 Å². The second-order valence-corrected chi connectivity index (χ2v) is 8.28. The van der Waals surface area contributed by atoms with E-state index in [4.69, 9.17) is 4.42 Å². The van der Waals surface area contributed by atoms with Crippen molar-refractivity contribution < 1.29 is 12.8 Å². The van der Waals surface area contributed by atoms with Gasteiger partial charge >= 0.3 is 0 Å². The van der Waals surface area contributed by atoms with E-state index in [9.17, 15) is 8.42 Å². The molecule has 0 atom stereocenters. The molecule has 4 aromatic rings. The van der Waals surface area contributed by atoms with Crippen LogP contribution in [0.15, 0.2) is 70.1 Å². The van der Waals surface area contributed by atoms with E-state index in [0.717, 1.165) is 23.1 Å². The van der Waals surface area contributed by atoms with Crippen LogP contribution in [0.25, 0.3) is 23.0 Å². The van der Waals surface area contributed by atoms with Crippen molar-refractivity contribution in [1.82, 2.24) is 15.2 Å². The van der Waals surface area contributed by atoms with Gasteiger partial charge in [-0.05, 0) is 42.7 Å². The summed E-state index contributed by atoms with van der Waals surface area (Å²) in [5, 5.41) is 8.06. The Labute approximate surface area is 168 Å². The maximum atomic E-state index is 12.9. The van der Waals surface area contributed by atoms with Gasteiger partial charge in [-0.2, -0.15) is 0 Å². The fourth-order valence-corrected chi connectivity index (χ4v) is 4.21. The number of nitrogens with zero attached hydrogens (tertiary/aromatic N) is 2. The van der Waals surface area contributed by atoms with Crippen molar-refractivity contribution >= 4 is 15.7 Å². The van der Waals surface area contributed by atoms with Gasteiger partial charge in [0.25, 0.3) is 15.9 Å². The summed E-state index contributed by atoms with van der Waals surface area (Å²) < 4.78 is 34.2. The number of benzene rings is 2. The maximum absolute atomic E-state index is 12.9. The van der Waals surface area contributed by atoms with Crippen LogP contribution in [0.1, 0.15) is 18.1 Å². The number of H-pyrrole nitrogens is 1. The smallest absolute Gasteiger partial charge is 0.264 e. The Morgan fingerprint density at radius 2 is 1.79 bits per heavy atom. The van der Waals surface area contributed by atoms with Crippen LogP contribution in [0.3, 0.4) is 0 Å². The van der Waals surface area contributed by atoms with E-state index in [2.05, 4.69) is 19.9 Å². The van der Waals surface area contributed by atoms with Gasteiger partial charge in [0.15, 0.2) is 0 Å². The molecular weight excluding hydrogens is 388 g/mol. The molecule has 0 spiro atoms. The van der Waals surface area contributed by atoms with Crippen molar-refractivity contribution in [3.8, 4) is 23.0 Å². The van der Waals surface area contributed by atoms with Crippen molar-refractivity contribution in [2.45, 2.75) is 25.2 Å². The largest absolute Gasteiger partial charge is 0.415 e. The van der Waals surface area contributed by atoms with E-state index >= 15 is 0 Å². The third kappa shape index (κ3) is 3.79. The van der Waals surface area contributed by atoms with Gasteiger partial charge in [-0.25, -0.2) is 8.42 Å². The van der Waals surface area contributed by atoms with Gasteiger partial charge in [0, 0.05) is 11.8 Å². The molecule has 0 unspecified atom stereocenters. The number of rotatable bonds is 6. The molecule has 2 heterocycles. The second-order valence-electron chi connectivity index (χ2n) is 6.60. The van der Waals surface area contributed by atoms with Crippen molar-refractivity contribution in [3.05, 3.63) is 71.9 Å². The quantitative estimate of drug-likeness (QED) is 0.492. The summed E-state index contributed by atoms with van der Waals surface area (Å²) in [5.74, 6) is 0.584. The van der Waals surface area contributed by atoms with E-state index in [1.54, 1.807) is 0 Å². The Balaban J connectivity index is 1.62. The van der Waals surface area contributed by atoms with Gasteiger partial charge in [-0.1, -0.05) is 43.3 Å². The van der Waals surface area contributed by atoms with E-state index in [-0.39, 0.29) is 10.8 Å². The minimum absolute atomic E-state index is 0.0947. The maximum Gasteiger partial charge on any atom is 0.264 e. The number of para-hydroxylation sites is 1. The van der Waals surface area contributed by atoms with Crippen molar-refractivity contribution in [1.29, 1.82) is 0 Å². The summed E-state index contributed by atoms with van der Waals surface area (Å²) >= 11 is 0. The second kappa shape index (κ2) is 7.56. The van der Waals surface area contributed by atoms with Crippen LogP contribution in [0, 0.1) is 6.92 Å². The number of aromatic nitrogens is 3. The molecule has 0 aliphatic heterocycles. The average molecular weight is 408 g/mol. The summed E-state index contributed by atoms with van der Waals surface area (Å²) in [6.07, 6.45) is 2.14. The zero-order valence-electron chi connectivity index (χ0n) is 16.0. The van der Waals surface area contributed by atoms with Gasteiger partial charge in [0.2, 0.25) is 5.89 Å². The molecule has 0 radical (unpaired) electrons. The molecule has 148 valence electrons. The van der Waals surface area contributed by atoms with E-state index < -0.39 is 10.0 Å². The lowest BCUT2D eigenvalue weighted by atomic mass is 10.1. The van der Waals surface area contributed by atoms with Gasteiger partial charge in [-0.3, -0.25) is 4.72 Å². The summed E-state index contributed by atoms with van der Waals surface area (Å²) in [5.41, 5.74) is 3.64. The molecule has 0 amide bonds. The predicted octanol–water partition coefficient (Wildman–Crippen LogP) is 4.40. The zero-order chi connectivity index (χ0) is 20.4. The standard InChI is InChI=1S/C21H20N4O3S/c1-3-15-11-7-8-14(2)19(15)25-29(26,27)17-12-18(22-13-17)21-24-23-20(28-21)16-9-5-4-6-10-16/h4-13,22,25H,3H2,1-2H3. The molecule has 8 heteroatoms. The molecule has 4 rings (SSSR count). The molecule has 0 saturated heterocycles. The van der Waals surface area contributed by atoms with E-state index in [0.29, 0.717) is 17.3 Å². The molecule has 2 N–H and O–H groups in total. The Morgan fingerprint density at radius 1 is 1.03 bits per heavy atom. The van der Waals surface area contributed by atoms with Crippen molar-refractivity contribution in [2.75, 3.05) is 4.72 Å². The SMILES string of the molecule is CCc1cccc(C)c1NS(=O)(=O)c1c[nH]c(-c2nnc(-c3ccccc3)o2)c1. The Bertz CT molecular complexity index is 1240. The van der Waals surface area contributed by atoms with Crippen LogP contribution in [-0.2, 0) is 16.4 Å². The molecule has 0 bridgehead atoms. The predicted molar refractivity (Wildman–Crippen MR) is 111 cm³/mol. The van der Waals surface area contributed by atoms with E-state index in [1.807, 2.05) is 62.4 Å². The number of sulfonamides is 1. The Morgan fingerprint density at radius 3 is 2.55 bits per heavy atom. The normalized spacial score (nSPS) is 11.5. The summed E-state index contributed by atoms with van der Waals surface area (Å²) in [4.78, 5) is 3.00. The highest BCUT2D eigenvalue weighted by Crippen LogP contribution is 2.28. The van der Waals surface area contributed by atoms with Gasteiger partial charge in [0.1, 0.15) is 10.6 Å². The minimum atomic E-state index is -3.77. The Kier molecular flexibility index (Phi) is 4.94. The van der Waals surface area contributed by atoms with Crippen LogP contribution in [0.5, 0.6) is 0 Å². The first-order valence-electron chi connectivity index (χ1n) is 9.17. The van der Waals surface area contributed by atoms with Gasteiger partial charge < -0.3 is 9.40 Å². The topological polar surface area (TPSA) is 101 Å².